The normalized spacial score (nSPS) is 33.8. The van der Waals surface area contributed by atoms with Gasteiger partial charge in [0.05, 0.1) is 17.8 Å². The van der Waals surface area contributed by atoms with Crippen LogP contribution in [0.25, 0.3) is 11.1 Å². The summed E-state index contributed by atoms with van der Waals surface area (Å²) in [6.07, 6.45) is 1.87. The maximum Gasteiger partial charge on any atom is 0.0864 e. The summed E-state index contributed by atoms with van der Waals surface area (Å²) in [6.45, 7) is 6.54. The van der Waals surface area contributed by atoms with Gasteiger partial charge < -0.3 is 9.84 Å². The molecule has 5 atom stereocenters. The molecule has 0 amide bonds. The highest BCUT2D eigenvalue weighted by atomic mass is 16.5. The molecule has 2 aliphatic rings. The Labute approximate surface area is 150 Å². The lowest BCUT2D eigenvalue weighted by molar-refractivity contribution is -0.215. The van der Waals surface area contributed by atoms with Gasteiger partial charge in [0.2, 0.25) is 0 Å². The summed E-state index contributed by atoms with van der Waals surface area (Å²) in [6, 6.07) is 19.3. The predicted octanol–water partition coefficient (Wildman–Crippen LogP) is 5.23. The second kappa shape index (κ2) is 6.26. The zero-order chi connectivity index (χ0) is 17.6. The van der Waals surface area contributed by atoms with Gasteiger partial charge >= 0.3 is 0 Å². The molecule has 1 aliphatic carbocycles. The van der Waals surface area contributed by atoms with Crippen LogP contribution in [-0.2, 0) is 4.74 Å². The van der Waals surface area contributed by atoms with E-state index in [0.717, 1.165) is 12.8 Å². The summed E-state index contributed by atoms with van der Waals surface area (Å²) in [5, 5.41) is 10.5. The molecule has 25 heavy (non-hydrogen) atoms. The molecule has 2 bridgehead atoms. The summed E-state index contributed by atoms with van der Waals surface area (Å²) < 4.78 is 6.58. The number of fused-ring (bicyclic) bond motifs is 2. The van der Waals surface area contributed by atoms with Gasteiger partial charge in [-0.15, -0.1) is 0 Å². The maximum atomic E-state index is 10.5. The molecule has 2 aromatic carbocycles. The Hall–Kier alpha value is -1.64. The quantitative estimate of drug-likeness (QED) is 0.814. The third-order valence-electron chi connectivity index (χ3n) is 6.51. The Morgan fingerprint density at radius 1 is 0.920 bits per heavy atom. The number of ether oxygens (including phenoxy) is 1. The molecular formula is C23H28O2. The van der Waals surface area contributed by atoms with Gasteiger partial charge in [0.25, 0.3) is 0 Å². The van der Waals surface area contributed by atoms with Gasteiger partial charge in [-0.25, -0.2) is 0 Å². The third-order valence-corrected chi connectivity index (χ3v) is 6.51. The van der Waals surface area contributed by atoms with Crippen molar-refractivity contribution in [3.8, 4) is 11.1 Å². The largest absolute Gasteiger partial charge is 0.393 e. The Morgan fingerprint density at radius 2 is 1.56 bits per heavy atom. The Morgan fingerprint density at radius 3 is 2.24 bits per heavy atom. The predicted molar refractivity (Wildman–Crippen MR) is 101 cm³/mol. The first kappa shape index (κ1) is 16.8. The maximum absolute atomic E-state index is 10.5. The van der Waals surface area contributed by atoms with E-state index in [0.29, 0.717) is 11.8 Å². The van der Waals surface area contributed by atoms with Crippen LogP contribution in [0.5, 0.6) is 0 Å². The Bertz CT molecular complexity index is 720. The molecule has 2 fully saturated rings. The number of aliphatic hydroxyl groups is 1. The number of hydrogen-bond acceptors (Lipinski definition) is 2. The van der Waals surface area contributed by atoms with E-state index in [-0.39, 0.29) is 23.7 Å². The molecule has 2 unspecified atom stereocenters. The van der Waals surface area contributed by atoms with E-state index in [9.17, 15) is 5.11 Å². The van der Waals surface area contributed by atoms with Gasteiger partial charge in [-0.3, -0.25) is 0 Å². The number of rotatable bonds is 2. The van der Waals surface area contributed by atoms with Crippen molar-refractivity contribution in [3.63, 3.8) is 0 Å². The van der Waals surface area contributed by atoms with Gasteiger partial charge in [0.1, 0.15) is 0 Å². The molecule has 1 N–H and O–H groups in total. The molecule has 0 aromatic heterocycles. The van der Waals surface area contributed by atoms with E-state index in [4.69, 9.17) is 4.74 Å². The lowest BCUT2D eigenvalue weighted by atomic mass is 9.63. The molecular weight excluding hydrogens is 308 g/mol. The lowest BCUT2D eigenvalue weighted by Gasteiger charge is -2.53. The average molecular weight is 336 g/mol. The topological polar surface area (TPSA) is 29.5 Å². The van der Waals surface area contributed by atoms with Crippen molar-refractivity contribution in [1.82, 2.24) is 0 Å². The van der Waals surface area contributed by atoms with Crippen molar-refractivity contribution in [1.29, 1.82) is 0 Å². The van der Waals surface area contributed by atoms with Crippen LogP contribution < -0.4 is 0 Å². The van der Waals surface area contributed by atoms with Crippen LogP contribution in [0.3, 0.4) is 0 Å². The second-order valence-electron chi connectivity index (χ2n) is 8.39. The summed E-state index contributed by atoms with van der Waals surface area (Å²) in [7, 11) is 0. The van der Waals surface area contributed by atoms with E-state index in [1.165, 1.54) is 16.7 Å². The second-order valence-corrected chi connectivity index (χ2v) is 8.39. The zero-order valence-corrected chi connectivity index (χ0v) is 15.4. The molecule has 1 saturated carbocycles. The first-order chi connectivity index (χ1) is 12.0. The third kappa shape index (κ3) is 3.02. The van der Waals surface area contributed by atoms with Crippen LogP contribution in [-0.4, -0.2) is 16.8 Å². The molecule has 0 spiro atoms. The first-order valence-electron chi connectivity index (χ1n) is 9.47. The molecule has 2 aromatic rings. The molecule has 1 saturated heterocycles. The monoisotopic (exact) mass is 336 g/mol. The van der Waals surface area contributed by atoms with Crippen molar-refractivity contribution < 1.29 is 9.84 Å². The molecule has 1 aliphatic heterocycles. The number of benzene rings is 2. The minimum Gasteiger partial charge on any atom is -0.393 e. The summed E-state index contributed by atoms with van der Waals surface area (Å²) in [5.74, 6) is 1.12. The van der Waals surface area contributed by atoms with Crippen LogP contribution in [0, 0.1) is 17.8 Å². The highest BCUT2D eigenvalue weighted by Gasteiger charge is 2.50. The van der Waals surface area contributed by atoms with Crippen molar-refractivity contribution in [2.24, 2.45) is 17.8 Å². The molecule has 2 heteroatoms. The van der Waals surface area contributed by atoms with Crippen molar-refractivity contribution in [3.05, 3.63) is 60.2 Å². The fourth-order valence-electron chi connectivity index (χ4n) is 4.72. The highest BCUT2D eigenvalue weighted by Crippen LogP contribution is 2.53. The van der Waals surface area contributed by atoms with Gasteiger partial charge in [-0.1, -0.05) is 61.5 Å². The van der Waals surface area contributed by atoms with Crippen LogP contribution in [0.1, 0.15) is 45.3 Å². The van der Waals surface area contributed by atoms with E-state index < -0.39 is 0 Å². The SMILES string of the molecule is C[C@H]1C2CC(C[C@@H]1O)C(C)(C)O[C@H]2c1ccc(-c2ccccc2)cc1. The van der Waals surface area contributed by atoms with Crippen LogP contribution in [0.4, 0.5) is 0 Å². The zero-order valence-electron chi connectivity index (χ0n) is 15.4. The molecule has 1 heterocycles. The van der Waals surface area contributed by atoms with Crippen molar-refractivity contribution >= 4 is 0 Å². The van der Waals surface area contributed by atoms with Crippen molar-refractivity contribution in [2.75, 3.05) is 0 Å². The fraction of sp³-hybridized carbons (Fsp3) is 0.478. The van der Waals surface area contributed by atoms with E-state index in [1.807, 2.05) is 6.07 Å². The molecule has 2 nitrogen and oxygen atoms in total. The smallest absolute Gasteiger partial charge is 0.0864 e. The Balaban J connectivity index is 1.64. The standard InChI is InChI=1S/C23H28O2/c1-15-20-13-19(14-21(15)24)23(2,3)25-22(20)18-11-9-17(10-12-18)16-7-5-4-6-8-16/h4-12,15,19-22,24H,13-14H2,1-3H3/t15-,19?,20?,21-,22-/m0/s1. The minimum atomic E-state index is -0.210. The van der Waals surface area contributed by atoms with Gasteiger partial charge in [0.15, 0.2) is 0 Å². The first-order valence-corrected chi connectivity index (χ1v) is 9.47. The van der Waals surface area contributed by atoms with Gasteiger partial charge in [-0.2, -0.15) is 0 Å². The lowest BCUT2D eigenvalue weighted by Crippen LogP contribution is -2.52. The van der Waals surface area contributed by atoms with Gasteiger partial charge in [0, 0.05) is 0 Å². The summed E-state index contributed by atoms with van der Waals surface area (Å²) >= 11 is 0. The van der Waals surface area contributed by atoms with E-state index in [1.54, 1.807) is 0 Å². The molecule has 132 valence electrons. The minimum absolute atomic E-state index is 0.0704. The van der Waals surface area contributed by atoms with Gasteiger partial charge in [-0.05, 0) is 61.1 Å². The van der Waals surface area contributed by atoms with Crippen LogP contribution in [0.2, 0.25) is 0 Å². The molecule has 4 rings (SSSR count). The Kier molecular flexibility index (Phi) is 4.21. The number of hydrogen-bond donors (Lipinski definition) is 1. The van der Waals surface area contributed by atoms with E-state index >= 15 is 0 Å². The van der Waals surface area contributed by atoms with Crippen molar-refractivity contribution in [2.45, 2.75) is 51.4 Å². The fourth-order valence-corrected chi connectivity index (χ4v) is 4.72. The summed E-state index contributed by atoms with van der Waals surface area (Å²) in [5.41, 5.74) is 3.52. The average Bonchev–Trinajstić information content (AvgIpc) is 2.62. The van der Waals surface area contributed by atoms with E-state index in [2.05, 4.69) is 69.3 Å². The number of aliphatic hydroxyl groups excluding tert-OH is 1. The molecule has 0 radical (unpaired) electrons. The highest BCUT2D eigenvalue weighted by molar-refractivity contribution is 5.63. The summed E-state index contributed by atoms with van der Waals surface area (Å²) in [4.78, 5) is 0. The van der Waals surface area contributed by atoms with Crippen LogP contribution >= 0.6 is 0 Å². The van der Waals surface area contributed by atoms with Crippen LogP contribution in [0.15, 0.2) is 54.6 Å².